The molecule has 1 saturated heterocycles. The number of carbonyl (C=O) groups is 2. The van der Waals surface area contributed by atoms with Crippen LogP contribution in [-0.4, -0.2) is 27.3 Å². The van der Waals surface area contributed by atoms with Crippen LogP contribution >= 0.6 is 0 Å². The Morgan fingerprint density at radius 1 is 0.788 bits per heavy atom. The van der Waals surface area contributed by atoms with Crippen molar-refractivity contribution in [3.63, 3.8) is 0 Å². The van der Waals surface area contributed by atoms with Crippen molar-refractivity contribution >= 4 is 18.0 Å². The molecule has 33 heavy (non-hydrogen) atoms. The number of ether oxygens (including phenoxy) is 2. The van der Waals surface area contributed by atoms with Gasteiger partial charge in [-0.1, -0.05) is 30.3 Å². The van der Waals surface area contributed by atoms with Gasteiger partial charge in [0.2, 0.25) is 0 Å². The van der Waals surface area contributed by atoms with Gasteiger partial charge in [0.25, 0.3) is 0 Å². The number of carboxylic acids is 1. The maximum absolute atomic E-state index is 13.1. The molecule has 7 nitrogen and oxygen atoms in total. The number of hydrogen-bond acceptors (Lipinski definition) is 6. The van der Waals surface area contributed by atoms with E-state index in [0.29, 0.717) is 11.3 Å². The highest BCUT2D eigenvalue weighted by molar-refractivity contribution is 5.85. The van der Waals surface area contributed by atoms with Crippen molar-refractivity contribution < 1.29 is 34.4 Å². The smallest absolute Gasteiger partial charge is 0.328 e. The number of aromatic hydroxyl groups is 2. The van der Waals surface area contributed by atoms with E-state index in [2.05, 4.69) is 0 Å². The van der Waals surface area contributed by atoms with Crippen molar-refractivity contribution in [2.24, 2.45) is 5.92 Å². The largest absolute Gasteiger partial charge is 0.508 e. The summed E-state index contributed by atoms with van der Waals surface area (Å²) in [7, 11) is 0. The van der Waals surface area contributed by atoms with Crippen LogP contribution < -0.4 is 4.74 Å². The van der Waals surface area contributed by atoms with Gasteiger partial charge in [-0.25, -0.2) is 4.79 Å². The van der Waals surface area contributed by atoms with Crippen LogP contribution in [0.3, 0.4) is 0 Å². The third kappa shape index (κ3) is 3.78. The fourth-order valence-corrected chi connectivity index (χ4v) is 4.58. The van der Waals surface area contributed by atoms with Crippen LogP contribution in [0, 0.1) is 5.92 Å². The molecule has 0 unspecified atom stereocenters. The molecule has 3 aromatic rings. The molecule has 0 aliphatic carbocycles. The number of phenols is 2. The minimum absolute atomic E-state index is 0.107. The van der Waals surface area contributed by atoms with Crippen LogP contribution in [0.1, 0.15) is 40.4 Å². The second-order valence-corrected chi connectivity index (χ2v) is 8.10. The predicted octanol–water partition coefficient (Wildman–Crippen LogP) is 4.33. The monoisotopic (exact) mass is 444 g/mol. The number of rotatable bonds is 4. The van der Waals surface area contributed by atoms with E-state index in [9.17, 15) is 19.8 Å². The van der Waals surface area contributed by atoms with Gasteiger partial charge in [-0.15, -0.1) is 0 Å². The van der Waals surface area contributed by atoms with E-state index in [-0.39, 0.29) is 11.5 Å². The van der Waals surface area contributed by atoms with Gasteiger partial charge in [0.1, 0.15) is 35.4 Å². The van der Waals surface area contributed by atoms with E-state index in [1.54, 1.807) is 60.7 Å². The number of esters is 1. The van der Waals surface area contributed by atoms with Gasteiger partial charge in [-0.05, 0) is 59.2 Å². The molecule has 4 atom stereocenters. The maximum Gasteiger partial charge on any atom is 0.328 e. The van der Waals surface area contributed by atoms with E-state index >= 15 is 0 Å². The van der Waals surface area contributed by atoms with Crippen LogP contribution in [0.2, 0.25) is 0 Å². The summed E-state index contributed by atoms with van der Waals surface area (Å²) in [4.78, 5) is 24.1. The molecule has 5 rings (SSSR count). The van der Waals surface area contributed by atoms with Crippen molar-refractivity contribution in [1.82, 2.24) is 0 Å². The summed E-state index contributed by atoms with van der Waals surface area (Å²) >= 11 is 0. The molecule has 166 valence electrons. The van der Waals surface area contributed by atoms with Gasteiger partial charge in [0, 0.05) is 17.6 Å². The number of phenolic OH excluding ortho intramolecular Hbond substituents is 2. The SMILES string of the molecule is O=C(O)/C=C/c1ccc2c(c1)[C@H]1[C@H](C(=O)O[C@@H]1c1ccc(O)cc1)[C@@H](c1ccc(O)cc1)O2. The summed E-state index contributed by atoms with van der Waals surface area (Å²) in [5.74, 6) is -1.73. The van der Waals surface area contributed by atoms with Crippen LogP contribution in [-0.2, 0) is 14.3 Å². The Kier molecular flexibility index (Phi) is 5.01. The zero-order valence-corrected chi connectivity index (χ0v) is 17.3. The third-order valence-electron chi connectivity index (χ3n) is 6.06. The Morgan fingerprint density at radius 3 is 1.94 bits per heavy atom. The molecule has 2 heterocycles. The zero-order chi connectivity index (χ0) is 23.1. The first kappa shape index (κ1) is 20.6. The van der Waals surface area contributed by atoms with Gasteiger partial charge < -0.3 is 24.8 Å². The molecule has 2 aliphatic rings. The Balaban J connectivity index is 1.64. The fourth-order valence-electron chi connectivity index (χ4n) is 4.58. The Morgan fingerprint density at radius 2 is 1.36 bits per heavy atom. The molecule has 1 fully saturated rings. The third-order valence-corrected chi connectivity index (χ3v) is 6.06. The summed E-state index contributed by atoms with van der Waals surface area (Å²) < 4.78 is 12.1. The molecule has 2 aliphatic heterocycles. The zero-order valence-electron chi connectivity index (χ0n) is 17.3. The molecule has 0 spiro atoms. The number of fused-ring (bicyclic) bond motifs is 3. The number of hydrogen-bond donors (Lipinski definition) is 3. The lowest BCUT2D eigenvalue weighted by Gasteiger charge is -2.35. The van der Waals surface area contributed by atoms with E-state index in [4.69, 9.17) is 14.6 Å². The second kappa shape index (κ2) is 8.02. The van der Waals surface area contributed by atoms with E-state index in [1.807, 2.05) is 6.07 Å². The van der Waals surface area contributed by atoms with Crippen LogP contribution in [0.15, 0.2) is 72.8 Å². The first-order chi connectivity index (χ1) is 15.9. The highest BCUT2D eigenvalue weighted by Gasteiger charge is 2.54. The maximum atomic E-state index is 13.1. The van der Waals surface area contributed by atoms with Crippen molar-refractivity contribution in [3.05, 3.63) is 95.1 Å². The second-order valence-electron chi connectivity index (χ2n) is 8.10. The molecule has 0 saturated carbocycles. The van der Waals surface area contributed by atoms with Crippen LogP contribution in [0.25, 0.3) is 6.08 Å². The van der Waals surface area contributed by atoms with E-state index in [1.165, 1.54) is 6.08 Å². The minimum atomic E-state index is -1.06. The number of carboxylic acid groups (broad SMARTS) is 1. The predicted molar refractivity (Wildman–Crippen MR) is 118 cm³/mol. The molecule has 0 amide bonds. The summed E-state index contributed by atoms with van der Waals surface area (Å²) in [5.41, 5.74) is 2.86. The molecule has 0 bridgehead atoms. The lowest BCUT2D eigenvalue weighted by molar-refractivity contribution is -0.146. The molecular weight excluding hydrogens is 424 g/mol. The van der Waals surface area contributed by atoms with Crippen molar-refractivity contribution in [1.29, 1.82) is 0 Å². The Hall–Kier alpha value is -4.26. The molecule has 0 radical (unpaired) electrons. The van der Waals surface area contributed by atoms with Gasteiger partial charge in [0.15, 0.2) is 0 Å². The van der Waals surface area contributed by atoms with Crippen LogP contribution in [0.5, 0.6) is 17.2 Å². The van der Waals surface area contributed by atoms with Crippen LogP contribution in [0.4, 0.5) is 0 Å². The first-order valence-electron chi connectivity index (χ1n) is 10.4. The number of aliphatic carboxylic acids is 1. The Labute approximate surface area is 189 Å². The van der Waals surface area contributed by atoms with Gasteiger partial charge in [-0.2, -0.15) is 0 Å². The molecule has 7 heteroatoms. The summed E-state index contributed by atoms with van der Waals surface area (Å²) in [6, 6.07) is 18.4. The van der Waals surface area contributed by atoms with Gasteiger partial charge in [0.05, 0.1) is 0 Å². The van der Waals surface area contributed by atoms with Crippen molar-refractivity contribution in [2.45, 2.75) is 18.1 Å². The van der Waals surface area contributed by atoms with Gasteiger partial charge >= 0.3 is 11.9 Å². The normalized spacial score (nSPS) is 23.5. The number of benzene rings is 3. The standard InChI is InChI=1S/C26H20O7/c27-17-7-3-15(4-8-17)24-22-19-13-14(2-12-21(29)30)1-11-20(19)32-25(23(22)26(31)33-24)16-5-9-18(28)10-6-16/h1-13,22-25,27-28H,(H,29,30)/b12-2+/t22-,23-,24+,25+/m0/s1. The van der Waals surface area contributed by atoms with E-state index < -0.39 is 36.0 Å². The summed E-state index contributed by atoms with van der Waals surface area (Å²) in [6.45, 7) is 0. The molecular formula is C26H20O7. The molecule has 3 aromatic carbocycles. The average molecular weight is 444 g/mol. The van der Waals surface area contributed by atoms with Crippen molar-refractivity contribution in [3.8, 4) is 17.2 Å². The number of carbonyl (C=O) groups excluding carboxylic acids is 1. The minimum Gasteiger partial charge on any atom is -0.508 e. The first-order valence-corrected chi connectivity index (χ1v) is 10.4. The summed E-state index contributed by atoms with van der Waals surface area (Å²) in [5, 5.41) is 28.4. The molecule has 3 N–H and O–H groups in total. The highest BCUT2D eigenvalue weighted by atomic mass is 16.6. The van der Waals surface area contributed by atoms with Gasteiger partial charge in [-0.3, -0.25) is 4.79 Å². The molecule has 0 aromatic heterocycles. The topological polar surface area (TPSA) is 113 Å². The van der Waals surface area contributed by atoms with E-state index in [0.717, 1.165) is 22.8 Å². The summed E-state index contributed by atoms with van der Waals surface area (Å²) in [6.07, 6.45) is 1.30. The van der Waals surface area contributed by atoms with Crippen molar-refractivity contribution in [2.75, 3.05) is 0 Å². The quantitative estimate of drug-likeness (QED) is 0.406. The fraction of sp³-hybridized carbons (Fsp3) is 0.154. The number of cyclic esters (lactones) is 1. The Bertz CT molecular complexity index is 1240. The average Bonchev–Trinajstić information content (AvgIpc) is 3.16. The highest BCUT2D eigenvalue weighted by Crippen LogP contribution is 2.57. The lowest BCUT2D eigenvalue weighted by atomic mass is 9.75. The lowest BCUT2D eigenvalue weighted by Crippen LogP contribution is -2.31.